The monoisotopic (exact) mass is 1000 g/mol. The van der Waals surface area contributed by atoms with Gasteiger partial charge in [-0.25, -0.2) is 9.97 Å². The molecule has 0 aliphatic heterocycles. The zero-order valence-corrected chi connectivity index (χ0v) is 43.5. The first kappa shape index (κ1) is 46.5. The van der Waals surface area contributed by atoms with Gasteiger partial charge in [-0.15, -0.1) is 0 Å². The zero-order chi connectivity index (χ0) is 52.1. The third kappa shape index (κ3) is 8.14. The van der Waals surface area contributed by atoms with Crippen LogP contribution < -0.4 is 9.80 Å². The van der Waals surface area contributed by atoms with Crippen LogP contribution in [0.2, 0.25) is 0 Å². The molecule has 3 heterocycles. The summed E-state index contributed by atoms with van der Waals surface area (Å²) in [6.45, 7) is 4.45. The van der Waals surface area contributed by atoms with Crippen molar-refractivity contribution in [1.82, 2.24) is 19.1 Å². The van der Waals surface area contributed by atoms with Gasteiger partial charge in [0.2, 0.25) is 0 Å². The lowest BCUT2D eigenvalue weighted by atomic mass is 10.0. The largest absolute Gasteiger partial charge is 0.310 e. The number of hydrogen-bond donors (Lipinski definition) is 0. The minimum atomic E-state index is 0.827. The maximum absolute atomic E-state index is 5.37. The highest BCUT2D eigenvalue weighted by Gasteiger charge is 2.22. The van der Waals surface area contributed by atoms with E-state index in [4.69, 9.17) is 9.97 Å². The molecule has 0 unspecified atom stereocenters. The number of para-hydroxylation sites is 6. The molecule has 0 amide bonds. The Balaban J connectivity index is 0.858. The summed E-state index contributed by atoms with van der Waals surface area (Å²) >= 11 is 0. The van der Waals surface area contributed by atoms with E-state index in [0.29, 0.717) is 0 Å². The number of aryl methyl sites for hydroxylation is 2. The molecule has 0 aliphatic carbocycles. The molecule has 0 atom stereocenters. The number of aromatic nitrogens is 4. The quantitative estimate of drug-likeness (QED) is 0.122. The van der Waals surface area contributed by atoms with Crippen molar-refractivity contribution in [2.75, 3.05) is 9.80 Å². The van der Waals surface area contributed by atoms with Crippen molar-refractivity contribution in [1.29, 1.82) is 0 Å². The normalized spacial score (nSPS) is 11.6. The van der Waals surface area contributed by atoms with Gasteiger partial charge in [-0.2, -0.15) is 0 Å². The van der Waals surface area contributed by atoms with Gasteiger partial charge in [0.25, 0.3) is 0 Å². The van der Waals surface area contributed by atoms with Gasteiger partial charge in [0.05, 0.1) is 44.5 Å². The predicted octanol–water partition coefficient (Wildman–Crippen LogP) is 19.2. The van der Waals surface area contributed by atoms with E-state index >= 15 is 0 Å². The fourth-order valence-corrected chi connectivity index (χ4v) is 11.5. The van der Waals surface area contributed by atoms with Gasteiger partial charge in [-0.1, -0.05) is 135 Å². The predicted molar refractivity (Wildman–Crippen MR) is 327 cm³/mol. The molecule has 78 heavy (non-hydrogen) atoms. The van der Waals surface area contributed by atoms with E-state index in [2.05, 4.69) is 275 Å². The van der Waals surface area contributed by atoms with E-state index in [1.807, 2.05) is 24.3 Å². The maximum Gasteiger partial charge on any atom is 0.0973 e. The zero-order valence-electron chi connectivity index (χ0n) is 43.5. The van der Waals surface area contributed by atoms with Crippen LogP contribution in [0.1, 0.15) is 25.0 Å². The van der Waals surface area contributed by atoms with Crippen LogP contribution in [0.25, 0.3) is 88.5 Å². The van der Waals surface area contributed by atoms with E-state index in [1.165, 1.54) is 54.7 Å². The molecule has 372 valence electrons. The van der Waals surface area contributed by atoms with Gasteiger partial charge in [0, 0.05) is 78.2 Å². The molecule has 0 N–H and O–H groups in total. The maximum atomic E-state index is 5.37. The molecular weight excluding hydrogens is 949 g/mol. The van der Waals surface area contributed by atoms with Crippen LogP contribution in [0.5, 0.6) is 0 Å². The minimum Gasteiger partial charge on any atom is -0.310 e. The number of benzene rings is 11. The highest BCUT2D eigenvalue weighted by Crippen LogP contribution is 2.44. The first-order valence-electron chi connectivity index (χ1n) is 27.0. The average Bonchev–Trinajstić information content (AvgIpc) is 4.25. The van der Waals surface area contributed by atoms with Gasteiger partial charge in [-0.05, 0) is 170 Å². The first-order chi connectivity index (χ1) is 38.6. The van der Waals surface area contributed by atoms with E-state index in [1.54, 1.807) is 0 Å². The summed E-state index contributed by atoms with van der Waals surface area (Å²) in [5.74, 6) is 0. The molecule has 11 aromatic carbocycles. The summed E-state index contributed by atoms with van der Waals surface area (Å²) in [6.07, 6.45) is 1.94. The summed E-state index contributed by atoms with van der Waals surface area (Å²) in [4.78, 5) is 15.4. The van der Waals surface area contributed by atoms with Gasteiger partial charge in [-0.3, -0.25) is 0 Å². The third-order valence-electron chi connectivity index (χ3n) is 15.4. The Morgan fingerprint density at radius 2 is 0.603 bits per heavy atom. The Morgan fingerprint density at radius 3 is 0.974 bits per heavy atom. The van der Waals surface area contributed by atoms with Gasteiger partial charge in [0.15, 0.2) is 0 Å². The summed E-state index contributed by atoms with van der Waals surface area (Å²) in [6, 6.07) is 96.1. The summed E-state index contributed by atoms with van der Waals surface area (Å²) in [7, 11) is 0. The number of hydrogen-bond acceptors (Lipinski definition) is 4. The molecule has 14 rings (SSSR count). The lowest BCUT2D eigenvalue weighted by molar-refractivity contribution is 1.14. The fourth-order valence-electron chi connectivity index (χ4n) is 11.5. The van der Waals surface area contributed by atoms with E-state index < -0.39 is 0 Å². The molecule has 6 heteroatoms. The SMILES string of the molecule is CCc1ccc2c(c1)c1cc(N(c3ccccc3)c3ccc(-c4nc5ccccc5nc4-c4ccc(N(c5ccccc5)c5ccc6c(c5)c5cc(CC)ccc5n6-c5ccccc5)cc4)cc3)ccc1n2-c1ccccc1. The van der Waals surface area contributed by atoms with Crippen LogP contribution in [0.15, 0.2) is 267 Å². The molecule has 14 aromatic rings. The fraction of sp³-hybridized carbons (Fsp3) is 0.0556. The molecular formula is C72H54N6. The van der Waals surface area contributed by atoms with Crippen molar-refractivity contribution in [2.45, 2.75) is 26.7 Å². The number of fused-ring (bicyclic) bond motifs is 7. The summed E-state index contributed by atoms with van der Waals surface area (Å²) in [5, 5.41) is 4.92. The first-order valence-corrected chi connectivity index (χ1v) is 27.0. The van der Waals surface area contributed by atoms with Crippen LogP contribution in [-0.4, -0.2) is 19.1 Å². The van der Waals surface area contributed by atoms with Crippen molar-refractivity contribution in [3.63, 3.8) is 0 Å². The Morgan fingerprint density at radius 1 is 0.295 bits per heavy atom. The third-order valence-corrected chi connectivity index (χ3v) is 15.4. The van der Waals surface area contributed by atoms with E-state index in [9.17, 15) is 0 Å². The van der Waals surface area contributed by atoms with Crippen molar-refractivity contribution in [3.8, 4) is 33.9 Å². The Bertz CT molecular complexity index is 4200. The molecule has 6 nitrogen and oxygen atoms in total. The number of rotatable bonds is 12. The standard InChI is InChI=1S/C72H54N6/c1-3-49-29-41-67-61(45-49)63-47-59(39-43-69(63)77(67)55-23-13-7-14-24-55)75(53-19-9-5-10-20-53)57-35-31-51(32-36-57)71-72(74-66-28-18-17-27-65(66)73-71)52-33-37-58(38-34-52)76(54-21-11-6-12-22-54)60-40-44-70-64(48-60)62-46-50(4-2)30-42-68(62)78(70)56-25-15-8-16-26-56/h5-48H,3-4H2,1-2H3. The Hall–Kier alpha value is -10.0. The Kier molecular flexibility index (Phi) is 11.7. The molecule has 0 radical (unpaired) electrons. The topological polar surface area (TPSA) is 42.1 Å². The van der Waals surface area contributed by atoms with Crippen LogP contribution in [-0.2, 0) is 12.8 Å². The van der Waals surface area contributed by atoms with Gasteiger partial charge >= 0.3 is 0 Å². The Labute approximate surface area is 454 Å². The highest BCUT2D eigenvalue weighted by molar-refractivity contribution is 6.12. The lowest BCUT2D eigenvalue weighted by Crippen LogP contribution is -2.10. The highest BCUT2D eigenvalue weighted by atomic mass is 15.1. The second-order valence-electron chi connectivity index (χ2n) is 20.0. The summed E-state index contributed by atoms with van der Waals surface area (Å²) < 4.78 is 4.78. The van der Waals surface area contributed by atoms with Crippen LogP contribution >= 0.6 is 0 Å². The molecule has 0 spiro atoms. The van der Waals surface area contributed by atoms with Crippen LogP contribution in [0, 0.1) is 0 Å². The molecule has 0 bridgehead atoms. The second kappa shape index (κ2) is 19.6. The number of anilines is 6. The van der Waals surface area contributed by atoms with E-state index in [0.717, 1.165) is 91.9 Å². The molecule has 0 saturated heterocycles. The van der Waals surface area contributed by atoms with Crippen LogP contribution in [0.3, 0.4) is 0 Å². The van der Waals surface area contributed by atoms with Crippen molar-refractivity contribution in [3.05, 3.63) is 278 Å². The van der Waals surface area contributed by atoms with E-state index in [-0.39, 0.29) is 0 Å². The summed E-state index contributed by atoms with van der Waals surface area (Å²) in [5.41, 5.74) is 21.4. The van der Waals surface area contributed by atoms with Crippen molar-refractivity contribution in [2.24, 2.45) is 0 Å². The molecule has 0 aliphatic rings. The molecule has 3 aromatic heterocycles. The average molecular weight is 1000 g/mol. The second-order valence-corrected chi connectivity index (χ2v) is 20.0. The van der Waals surface area contributed by atoms with Gasteiger partial charge in [0.1, 0.15) is 0 Å². The van der Waals surface area contributed by atoms with Crippen LogP contribution in [0.4, 0.5) is 34.1 Å². The molecule has 0 saturated carbocycles. The van der Waals surface area contributed by atoms with Gasteiger partial charge < -0.3 is 18.9 Å². The number of nitrogens with zero attached hydrogens (tertiary/aromatic N) is 6. The minimum absolute atomic E-state index is 0.827. The lowest BCUT2D eigenvalue weighted by Gasteiger charge is -2.26. The van der Waals surface area contributed by atoms with Crippen molar-refractivity contribution < 1.29 is 0 Å². The van der Waals surface area contributed by atoms with Crippen molar-refractivity contribution >= 4 is 88.8 Å². The smallest absolute Gasteiger partial charge is 0.0973 e. The molecule has 0 fully saturated rings.